The second-order valence-electron chi connectivity index (χ2n) is 6.73. The number of carbonyl (C=O) groups is 2. The molecule has 2 heterocycles. The van der Waals surface area contributed by atoms with E-state index in [0.29, 0.717) is 12.3 Å². The Labute approximate surface area is 126 Å². The van der Waals surface area contributed by atoms with Crippen LogP contribution in [0.3, 0.4) is 0 Å². The molecule has 1 saturated carbocycles. The molecule has 3 fully saturated rings. The summed E-state index contributed by atoms with van der Waals surface area (Å²) in [6.07, 6.45) is 6.83. The van der Waals surface area contributed by atoms with Gasteiger partial charge in [-0.3, -0.25) is 14.5 Å². The predicted molar refractivity (Wildman–Crippen MR) is 78.7 cm³/mol. The largest absolute Gasteiger partial charge is 0.381 e. The Morgan fingerprint density at radius 1 is 1.19 bits per heavy atom. The standard InChI is InChI=1S/C16H26N2O3/c1-11(12-7-8-21-10-12)17-14-9-15(19)18(16(14)20)13-5-3-2-4-6-13/h11-14,17H,2-10H2,1H3. The van der Waals surface area contributed by atoms with E-state index in [9.17, 15) is 9.59 Å². The molecule has 2 amide bonds. The van der Waals surface area contributed by atoms with E-state index in [-0.39, 0.29) is 29.9 Å². The number of rotatable bonds is 4. The number of likely N-dealkylation sites (tertiary alicyclic amines) is 1. The number of imide groups is 1. The lowest BCUT2D eigenvalue weighted by molar-refractivity contribution is -0.142. The van der Waals surface area contributed by atoms with Crippen LogP contribution in [0, 0.1) is 5.92 Å². The second-order valence-corrected chi connectivity index (χ2v) is 6.73. The first-order valence-electron chi connectivity index (χ1n) is 8.36. The van der Waals surface area contributed by atoms with Crippen molar-refractivity contribution in [2.75, 3.05) is 13.2 Å². The molecule has 21 heavy (non-hydrogen) atoms. The lowest BCUT2D eigenvalue weighted by atomic mass is 9.94. The molecule has 3 rings (SSSR count). The van der Waals surface area contributed by atoms with E-state index < -0.39 is 0 Å². The van der Waals surface area contributed by atoms with Crippen LogP contribution in [0.1, 0.15) is 51.9 Å². The first-order chi connectivity index (χ1) is 10.2. The molecule has 1 aliphatic carbocycles. The van der Waals surface area contributed by atoms with Crippen molar-refractivity contribution in [3.05, 3.63) is 0 Å². The number of ether oxygens (including phenoxy) is 1. The van der Waals surface area contributed by atoms with Gasteiger partial charge in [0.1, 0.15) is 0 Å². The van der Waals surface area contributed by atoms with Gasteiger partial charge in [0.15, 0.2) is 0 Å². The molecule has 5 nitrogen and oxygen atoms in total. The van der Waals surface area contributed by atoms with E-state index in [1.165, 1.54) is 6.42 Å². The van der Waals surface area contributed by atoms with Crippen LogP contribution in [-0.4, -0.2) is 48.1 Å². The number of carbonyl (C=O) groups excluding carboxylic acids is 2. The molecule has 2 aliphatic heterocycles. The summed E-state index contributed by atoms with van der Waals surface area (Å²) in [5.74, 6) is 0.466. The number of nitrogens with one attached hydrogen (secondary N) is 1. The zero-order chi connectivity index (χ0) is 14.8. The van der Waals surface area contributed by atoms with Crippen molar-refractivity contribution in [2.24, 2.45) is 5.92 Å². The number of nitrogens with zero attached hydrogens (tertiary/aromatic N) is 1. The molecule has 3 unspecified atom stereocenters. The van der Waals surface area contributed by atoms with Crippen LogP contribution in [0.4, 0.5) is 0 Å². The molecular formula is C16H26N2O3. The molecule has 3 atom stereocenters. The summed E-state index contributed by atoms with van der Waals surface area (Å²) >= 11 is 0. The van der Waals surface area contributed by atoms with Gasteiger partial charge in [-0.1, -0.05) is 19.3 Å². The molecule has 2 saturated heterocycles. The molecule has 0 aromatic carbocycles. The molecule has 0 spiro atoms. The summed E-state index contributed by atoms with van der Waals surface area (Å²) in [6, 6.07) is 0.0475. The Morgan fingerprint density at radius 2 is 1.95 bits per heavy atom. The third kappa shape index (κ3) is 3.14. The summed E-state index contributed by atoms with van der Waals surface area (Å²) < 4.78 is 5.40. The van der Waals surface area contributed by atoms with E-state index in [0.717, 1.165) is 45.3 Å². The minimum absolute atomic E-state index is 0.00216. The fourth-order valence-electron chi connectivity index (χ4n) is 3.90. The van der Waals surface area contributed by atoms with Gasteiger partial charge in [-0.05, 0) is 32.1 Å². The summed E-state index contributed by atoms with van der Waals surface area (Å²) in [6.45, 7) is 3.66. The zero-order valence-electron chi connectivity index (χ0n) is 12.8. The second kappa shape index (κ2) is 6.44. The highest BCUT2D eigenvalue weighted by molar-refractivity contribution is 6.05. The maximum absolute atomic E-state index is 12.6. The first-order valence-corrected chi connectivity index (χ1v) is 8.36. The fraction of sp³-hybridized carbons (Fsp3) is 0.875. The monoisotopic (exact) mass is 294 g/mol. The van der Waals surface area contributed by atoms with Gasteiger partial charge >= 0.3 is 0 Å². The summed E-state index contributed by atoms with van der Waals surface area (Å²) in [4.78, 5) is 26.4. The van der Waals surface area contributed by atoms with Crippen LogP contribution in [-0.2, 0) is 14.3 Å². The number of amides is 2. The van der Waals surface area contributed by atoms with Crippen LogP contribution in [0.25, 0.3) is 0 Å². The average molecular weight is 294 g/mol. The Kier molecular flexibility index (Phi) is 4.60. The van der Waals surface area contributed by atoms with Gasteiger partial charge in [0.05, 0.1) is 19.1 Å². The predicted octanol–water partition coefficient (Wildman–Crippen LogP) is 1.46. The fourth-order valence-corrected chi connectivity index (χ4v) is 3.90. The maximum Gasteiger partial charge on any atom is 0.247 e. The highest BCUT2D eigenvalue weighted by Gasteiger charge is 2.43. The summed E-state index contributed by atoms with van der Waals surface area (Å²) in [5.41, 5.74) is 0. The van der Waals surface area contributed by atoms with Crippen LogP contribution in [0.2, 0.25) is 0 Å². The van der Waals surface area contributed by atoms with Gasteiger partial charge in [-0.15, -0.1) is 0 Å². The van der Waals surface area contributed by atoms with Gasteiger partial charge in [-0.2, -0.15) is 0 Å². The van der Waals surface area contributed by atoms with Crippen molar-refractivity contribution in [3.8, 4) is 0 Å². The molecule has 0 aromatic heterocycles. The summed E-state index contributed by atoms with van der Waals surface area (Å²) in [7, 11) is 0. The Hall–Kier alpha value is -0.940. The van der Waals surface area contributed by atoms with E-state index in [1.807, 2.05) is 0 Å². The van der Waals surface area contributed by atoms with Gasteiger partial charge in [0.2, 0.25) is 11.8 Å². The van der Waals surface area contributed by atoms with E-state index >= 15 is 0 Å². The lowest BCUT2D eigenvalue weighted by Crippen LogP contribution is -2.48. The molecule has 0 aromatic rings. The van der Waals surface area contributed by atoms with E-state index in [1.54, 1.807) is 4.90 Å². The summed E-state index contributed by atoms with van der Waals surface area (Å²) in [5, 5.41) is 3.38. The molecule has 0 bridgehead atoms. The third-order valence-corrected chi connectivity index (χ3v) is 5.26. The Balaban J connectivity index is 1.59. The van der Waals surface area contributed by atoms with Crippen LogP contribution < -0.4 is 5.32 Å². The van der Waals surface area contributed by atoms with Crippen molar-refractivity contribution in [2.45, 2.75) is 70.0 Å². The minimum Gasteiger partial charge on any atom is -0.381 e. The van der Waals surface area contributed by atoms with Gasteiger partial charge < -0.3 is 10.1 Å². The first kappa shape index (κ1) is 15.0. The van der Waals surface area contributed by atoms with Crippen molar-refractivity contribution in [1.29, 1.82) is 0 Å². The lowest BCUT2D eigenvalue weighted by Gasteiger charge is -2.30. The number of hydrogen-bond donors (Lipinski definition) is 1. The normalized spacial score (nSPS) is 32.9. The third-order valence-electron chi connectivity index (χ3n) is 5.26. The van der Waals surface area contributed by atoms with E-state index in [2.05, 4.69) is 12.2 Å². The Bertz CT molecular complexity index is 400. The smallest absolute Gasteiger partial charge is 0.247 e. The van der Waals surface area contributed by atoms with Crippen LogP contribution in [0.5, 0.6) is 0 Å². The van der Waals surface area contributed by atoms with E-state index in [4.69, 9.17) is 4.74 Å². The Morgan fingerprint density at radius 3 is 2.62 bits per heavy atom. The molecule has 1 N–H and O–H groups in total. The van der Waals surface area contributed by atoms with Crippen LogP contribution in [0.15, 0.2) is 0 Å². The highest BCUT2D eigenvalue weighted by Crippen LogP contribution is 2.28. The molecule has 3 aliphatic rings. The van der Waals surface area contributed by atoms with Gasteiger partial charge in [0, 0.05) is 18.7 Å². The van der Waals surface area contributed by atoms with Crippen molar-refractivity contribution >= 4 is 11.8 Å². The highest BCUT2D eigenvalue weighted by atomic mass is 16.5. The molecule has 0 radical (unpaired) electrons. The van der Waals surface area contributed by atoms with Crippen molar-refractivity contribution in [1.82, 2.24) is 10.2 Å². The maximum atomic E-state index is 12.6. The van der Waals surface area contributed by atoms with Gasteiger partial charge in [-0.25, -0.2) is 0 Å². The van der Waals surface area contributed by atoms with Gasteiger partial charge in [0.25, 0.3) is 0 Å². The molecular weight excluding hydrogens is 268 g/mol. The SMILES string of the molecule is CC(NC1CC(=O)N(C2CCCCC2)C1=O)C1CCOC1. The van der Waals surface area contributed by atoms with Crippen LogP contribution >= 0.6 is 0 Å². The molecule has 5 heteroatoms. The van der Waals surface area contributed by atoms with Crippen molar-refractivity contribution in [3.63, 3.8) is 0 Å². The average Bonchev–Trinajstić information content (AvgIpc) is 3.09. The number of hydrogen-bond acceptors (Lipinski definition) is 4. The zero-order valence-corrected chi connectivity index (χ0v) is 12.8. The quantitative estimate of drug-likeness (QED) is 0.798. The molecule has 118 valence electrons. The van der Waals surface area contributed by atoms with Crippen molar-refractivity contribution < 1.29 is 14.3 Å². The topological polar surface area (TPSA) is 58.6 Å². The minimum atomic E-state index is -0.324.